The van der Waals surface area contributed by atoms with Crippen molar-refractivity contribution in [2.45, 2.75) is 6.54 Å². The molecule has 4 heteroatoms. The third-order valence-corrected chi connectivity index (χ3v) is 3.07. The first kappa shape index (κ1) is 10.6. The lowest BCUT2D eigenvalue weighted by molar-refractivity contribution is 0.233. The number of rotatable bonds is 2. The Kier molecular flexibility index (Phi) is 2.98. The maximum absolute atomic E-state index is 5.42. The second-order valence-corrected chi connectivity index (χ2v) is 4.32. The molecule has 2 aliphatic rings. The summed E-state index contributed by atoms with van der Waals surface area (Å²) < 4.78 is 10.8. The molecule has 2 heterocycles. The van der Waals surface area contributed by atoms with Gasteiger partial charge in [0.05, 0.1) is 0 Å². The quantitative estimate of drug-likeness (QED) is 0.834. The summed E-state index contributed by atoms with van der Waals surface area (Å²) >= 11 is 0. The lowest BCUT2D eigenvalue weighted by Crippen LogP contribution is -2.42. The second-order valence-electron chi connectivity index (χ2n) is 4.32. The maximum atomic E-state index is 5.42. The molecule has 90 valence electrons. The number of nitrogens with zero attached hydrogens (tertiary/aromatic N) is 1. The van der Waals surface area contributed by atoms with Crippen molar-refractivity contribution < 1.29 is 9.47 Å². The Morgan fingerprint density at radius 3 is 2.65 bits per heavy atom. The van der Waals surface area contributed by atoms with Crippen LogP contribution in [0.2, 0.25) is 0 Å². The molecule has 0 atom stereocenters. The van der Waals surface area contributed by atoms with Gasteiger partial charge in [0.2, 0.25) is 0 Å². The van der Waals surface area contributed by atoms with Crippen molar-refractivity contribution in [3.63, 3.8) is 0 Å². The van der Waals surface area contributed by atoms with Crippen molar-refractivity contribution >= 4 is 0 Å². The third kappa shape index (κ3) is 2.43. The third-order valence-electron chi connectivity index (χ3n) is 3.07. The van der Waals surface area contributed by atoms with Gasteiger partial charge in [-0.05, 0) is 17.7 Å². The Labute approximate surface area is 101 Å². The highest BCUT2D eigenvalue weighted by molar-refractivity contribution is 5.44. The number of nitrogens with one attached hydrogen (secondary N) is 1. The average Bonchev–Trinajstić information content (AvgIpc) is 2.40. The molecule has 0 aliphatic carbocycles. The number of benzene rings is 1. The molecule has 0 spiro atoms. The number of hydrogen-bond acceptors (Lipinski definition) is 4. The smallest absolute Gasteiger partial charge is 0.169 e. The van der Waals surface area contributed by atoms with E-state index in [0.29, 0.717) is 0 Å². The van der Waals surface area contributed by atoms with Gasteiger partial charge in [0.25, 0.3) is 0 Å². The Balaban J connectivity index is 1.71. The predicted molar refractivity (Wildman–Crippen MR) is 65.0 cm³/mol. The molecule has 0 bridgehead atoms. The summed E-state index contributed by atoms with van der Waals surface area (Å²) in [6, 6.07) is 6.13. The fraction of sp³-hybridized carbons (Fsp3) is 0.385. The van der Waals surface area contributed by atoms with Gasteiger partial charge < -0.3 is 14.8 Å². The highest BCUT2D eigenvalue weighted by Gasteiger charge is 2.13. The van der Waals surface area contributed by atoms with E-state index in [1.807, 2.05) is 6.07 Å². The summed E-state index contributed by atoms with van der Waals surface area (Å²) in [7, 11) is 0. The minimum absolute atomic E-state index is 0.788. The Bertz CT molecular complexity index is 425. The highest BCUT2D eigenvalue weighted by atomic mass is 16.5. The van der Waals surface area contributed by atoms with Gasteiger partial charge in [-0.1, -0.05) is 6.07 Å². The Hall–Kier alpha value is -1.52. The van der Waals surface area contributed by atoms with Gasteiger partial charge in [0.15, 0.2) is 11.5 Å². The molecule has 17 heavy (non-hydrogen) atoms. The van der Waals surface area contributed by atoms with Gasteiger partial charge in [-0.2, -0.15) is 0 Å². The van der Waals surface area contributed by atoms with Crippen molar-refractivity contribution in [3.8, 4) is 11.5 Å². The van der Waals surface area contributed by atoms with Crippen LogP contribution >= 0.6 is 0 Å². The summed E-state index contributed by atoms with van der Waals surface area (Å²) in [6.07, 6.45) is 3.12. The Morgan fingerprint density at radius 2 is 1.82 bits per heavy atom. The first-order valence-electron chi connectivity index (χ1n) is 5.96. The van der Waals surface area contributed by atoms with Crippen LogP contribution in [-0.2, 0) is 6.54 Å². The molecule has 4 nitrogen and oxygen atoms in total. The number of piperazine rings is 1. The first-order chi connectivity index (χ1) is 8.42. The maximum Gasteiger partial charge on any atom is 0.169 e. The topological polar surface area (TPSA) is 33.7 Å². The van der Waals surface area contributed by atoms with E-state index >= 15 is 0 Å². The van der Waals surface area contributed by atoms with Crippen molar-refractivity contribution in [1.29, 1.82) is 0 Å². The van der Waals surface area contributed by atoms with Crippen LogP contribution in [0.4, 0.5) is 0 Å². The number of hydrogen-bond donors (Lipinski definition) is 1. The van der Waals surface area contributed by atoms with Crippen LogP contribution in [0, 0.1) is 0 Å². The van der Waals surface area contributed by atoms with Crippen LogP contribution in [0.25, 0.3) is 0 Å². The van der Waals surface area contributed by atoms with Gasteiger partial charge in [-0.15, -0.1) is 0 Å². The van der Waals surface area contributed by atoms with Crippen LogP contribution in [0.3, 0.4) is 0 Å². The summed E-state index contributed by atoms with van der Waals surface area (Å²) in [6.45, 7) is 5.34. The van der Waals surface area contributed by atoms with Crippen molar-refractivity contribution in [3.05, 3.63) is 36.3 Å². The molecule has 1 fully saturated rings. The molecule has 1 saturated heterocycles. The van der Waals surface area contributed by atoms with Crippen LogP contribution < -0.4 is 14.8 Å². The zero-order valence-corrected chi connectivity index (χ0v) is 9.69. The van der Waals surface area contributed by atoms with E-state index in [0.717, 1.165) is 44.2 Å². The Morgan fingerprint density at radius 1 is 1.06 bits per heavy atom. The van der Waals surface area contributed by atoms with E-state index in [2.05, 4.69) is 22.3 Å². The van der Waals surface area contributed by atoms with Crippen LogP contribution in [-0.4, -0.2) is 31.1 Å². The molecule has 0 amide bonds. The molecule has 0 unspecified atom stereocenters. The van der Waals surface area contributed by atoms with Gasteiger partial charge in [-0.25, -0.2) is 0 Å². The standard InChI is InChI=1S/C13H16N2O2/c1-2-12-13(17-8-7-16-12)9-11(1)10-15-5-3-14-4-6-15/h1-2,7-9,14H,3-6,10H2. The van der Waals surface area contributed by atoms with Gasteiger partial charge in [-0.3, -0.25) is 4.90 Å². The van der Waals surface area contributed by atoms with Crippen molar-refractivity contribution in [2.75, 3.05) is 26.2 Å². The zero-order chi connectivity index (χ0) is 11.5. The van der Waals surface area contributed by atoms with E-state index in [1.165, 1.54) is 5.56 Å². The molecular formula is C13H16N2O2. The van der Waals surface area contributed by atoms with Crippen molar-refractivity contribution in [2.24, 2.45) is 0 Å². The van der Waals surface area contributed by atoms with Crippen molar-refractivity contribution in [1.82, 2.24) is 10.2 Å². The predicted octanol–water partition coefficient (Wildman–Crippen LogP) is 1.33. The van der Waals surface area contributed by atoms with Crippen LogP contribution in [0.1, 0.15) is 5.56 Å². The molecule has 0 aromatic heterocycles. The van der Waals surface area contributed by atoms with Gasteiger partial charge in [0, 0.05) is 32.7 Å². The first-order valence-corrected chi connectivity index (χ1v) is 5.96. The lowest BCUT2D eigenvalue weighted by atomic mass is 10.1. The van der Waals surface area contributed by atoms with E-state index in [-0.39, 0.29) is 0 Å². The molecule has 1 aromatic rings. The molecule has 1 aromatic carbocycles. The zero-order valence-electron chi connectivity index (χ0n) is 9.69. The average molecular weight is 232 g/mol. The van der Waals surface area contributed by atoms with E-state index < -0.39 is 0 Å². The second kappa shape index (κ2) is 4.77. The molecule has 1 N–H and O–H groups in total. The number of fused-ring (bicyclic) bond motifs is 1. The van der Waals surface area contributed by atoms with E-state index in [1.54, 1.807) is 12.5 Å². The summed E-state index contributed by atoms with van der Waals surface area (Å²) in [5.41, 5.74) is 1.27. The van der Waals surface area contributed by atoms with E-state index in [4.69, 9.17) is 9.47 Å². The molecular weight excluding hydrogens is 216 g/mol. The summed E-state index contributed by atoms with van der Waals surface area (Å²) in [5, 5.41) is 3.35. The van der Waals surface area contributed by atoms with Gasteiger partial charge >= 0.3 is 0 Å². The molecule has 0 radical (unpaired) electrons. The normalized spacial score (nSPS) is 19.3. The fourth-order valence-corrected chi connectivity index (χ4v) is 2.17. The SMILES string of the molecule is C1=COc2cc(CN3CCNCC3)ccc2O1. The number of ether oxygens (including phenoxy) is 2. The highest BCUT2D eigenvalue weighted by Crippen LogP contribution is 2.31. The minimum Gasteiger partial charge on any atom is -0.458 e. The molecule has 3 rings (SSSR count). The molecule has 0 saturated carbocycles. The fourth-order valence-electron chi connectivity index (χ4n) is 2.17. The van der Waals surface area contributed by atoms with E-state index in [9.17, 15) is 0 Å². The van der Waals surface area contributed by atoms with Crippen LogP contribution in [0.15, 0.2) is 30.7 Å². The monoisotopic (exact) mass is 232 g/mol. The largest absolute Gasteiger partial charge is 0.458 e. The minimum atomic E-state index is 0.788. The van der Waals surface area contributed by atoms with Crippen LogP contribution in [0.5, 0.6) is 11.5 Å². The summed E-state index contributed by atoms with van der Waals surface area (Å²) in [4.78, 5) is 2.44. The summed E-state index contributed by atoms with van der Waals surface area (Å²) in [5.74, 6) is 1.59. The molecule has 2 aliphatic heterocycles. The lowest BCUT2D eigenvalue weighted by Gasteiger charge is -2.27. The van der Waals surface area contributed by atoms with Gasteiger partial charge in [0.1, 0.15) is 12.5 Å².